The van der Waals surface area contributed by atoms with Crippen LogP contribution in [0.3, 0.4) is 0 Å². The Morgan fingerprint density at radius 1 is 1.10 bits per heavy atom. The molecule has 1 fully saturated rings. The first-order valence-electron chi connectivity index (χ1n) is 10.1. The molecule has 0 saturated carbocycles. The number of imide groups is 1. The van der Waals surface area contributed by atoms with Gasteiger partial charge in [-0.2, -0.15) is 0 Å². The van der Waals surface area contributed by atoms with Gasteiger partial charge in [0.15, 0.2) is 0 Å². The lowest BCUT2D eigenvalue weighted by molar-refractivity contribution is -0.121. The van der Waals surface area contributed by atoms with Gasteiger partial charge in [-0.1, -0.05) is 30.3 Å². The molecule has 4 amide bonds. The van der Waals surface area contributed by atoms with Crippen molar-refractivity contribution < 1.29 is 19.5 Å². The number of aliphatic hydroxyl groups is 1. The third-order valence-corrected chi connectivity index (χ3v) is 5.23. The molecule has 1 unspecified atom stereocenters. The molecule has 160 valence electrons. The molecule has 0 bridgehead atoms. The summed E-state index contributed by atoms with van der Waals surface area (Å²) < 4.78 is 1.87. The molecule has 3 aromatic rings. The molecule has 1 atom stereocenters. The highest BCUT2D eigenvalue weighted by Gasteiger charge is 2.38. The number of anilines is 1. The number of fused-ring (bicyclic) bond motifs is 1. The minimum Gasteiger partial charge on any atom is -0.388 e. The maximum Gasteiger partial charge on any atom is 0.329 e. The number of imidazole rings is 1. The number of nitrogens with zero attached hydrogens (tertiary/aromatic N) is 3. The van der Waals surface area contributed by atoms with E-state index in [1.54, 1.807) is 30.3 Å². The van der Waals surface area contributed by atoms with Crippen LogP contribution in [-0.4, -0.2) is 45.1 Å². The number of benzene rings is 2. The monoisotopic (exact) mass is 421 g/mol. The Balaban J connectivity index is 1.29. The normalized spacial score (nSPS) is 16.0. The summed E-state index contributed by atoms with van der Waals surface area (Å²) in [6.07, 6.45) is 0.326. The Kier molecular flexibility index (Phi) is 5.94. The zero-order valence-electron chi connectivity index (χ0n) is 16.8. The largest absolute Gasteiger partial charge is 0.388 e. The average molecular weight is 421 g/mol. The van der Waals surface area contributed by atoms with Crippen LogP contribution in [-0.2, 0) is 22.7 Å². The van der Waals surface area contributed by atoms with Crippen LogP contribution >= 0.6 is 0 Å². The van der Waals surface area contributed by atoms with Crippen molar-refractivity contribution in [2.45, 2.75) is 32.0 Å². The van der Waals surface area contributed by atoms with Crippen LogP contribution < -0.4 is 15.5 Å². The number of amides is 4. The third-order valence-electron chi connectivity index (χ3n) is 5.23. The third kappa shape index (κ3) is 4.26. The van der Waals surface area contributed by atoms with Crippen LogP contribution in [0, 0.1) is 0 Å². The zero-order valence-corrected chi connectivity index (χ0v) is 16.8. The number of urea groups is 1. The fraction of sp³-hybridized carbons (Fsp3) is 0.273. The Morgan fingerprint density at radius 2 is 1.84 bits per heavy atom. The number of aliphatic hydroxyl groups excluding tert-OH is 1. The highest BCUT2D eigenvalue weighted by molar-refractivity contribution is 6.21. The van der Waals surface area contributed by atoms with Gasteiger partial charge in [0.25, 0.3) is 5.91 Å². The van der Waals surface area contributed by atoms with Gasteiger partial charge < -0.3 is 20.3 Å². The Morgan fingerprint density at radius 3 is 2.61 bits per heavy atom. The van der Waals surface area contributed by atoms with Gasteiger partial charge in [-0.05, 0) is 30.7 Å². The standard InChI is InChI=1S/C22H23N5O4/c28-14-19-24-16-8-4-5-9-18(16)26(19)13-12-23-20(29)11-10-17-21(30)27(22(31)25-17)15-6-2-1-3-7-15/h1-9,17,28H,10-14H2,(H,23,29)(H,25,31). The van der Waals surface area contributed by atoms with Gasteiger partial charge in [0.2, 0.25) is 5.91 Å². The lowest BCUT2D eigenvalue weighted by Crippen LogP contribution is -2.33. The van der Waals surface area contributed by atoms with Crippen molar-refractivity contribution in [3.05, 3.63) is 60.4 Å². The molecular weight excluding hydrogens is 398 g/mol. The van der Waals surface area contributed by atoms with Crippen molar-refractivity contribution in [2.75, 3.05) is 11.4 Å². The topological polar surface area (TPSA) is 117 Å². The maximum absolute atomic E-state index is 12.6. The van der Waals surface area contributed by atoms with E-state index in [-0.39, 0.29) is 31.3 Å². The van der Waals surface area contributed by atoms with E-state index < -0.39 is 12.1 Å². The summed E-state index contributed by atoms with van der Waals surface area (Å²) in [5.41, 5.74) is 2.18. The van der Waals surface area contributed by atoms with Crippen LogP contribution in [0.1, 0.15) is 18.7 Å². The van der Waals surface area contributed by atoms with Gasteiger partial charge in [-0.25, -0.2) is 14.7 Å². The highest BCUT2D eigenvalue weighted by Crippen LogP contribution is 2.20. The second-order valence-electron chi connectivity index (χ2n) is 7.23. The molecule has 4 rings (SSSR count). The Labute approximate surface area is 178 Å². The molecule has 1 saturated heterocycles. The molecular formula is C22H23N5O4. The molecule has 0 spiro atoms. The molecule has 9 heteroatoms. The van der Waals surface area contributed by atoms with E-state index in [2.05, 4.69) is 15.6 Å². The number of rotatable bonds is 8. The van der Waals surface area contributed by atoms with Gasteiger partial charge in [0, 0.05) is 19.5 Å². The highest BCUT2D eigenvalue weighted by atomic mass is 16.3. The van der Waals surface area contributed by atoms with Gasteiger partial charge >= 0.3 is 6.03 Å². The summed E-state index contributed by atoms with van der Waals surface area (Å²) in [4.78, 5) is 42.5. The predicted octanol–water partition coefficient (Wildman–Crippen LogP) is 1.55. The fourth-order valence-corrected chi connectivity index (χ4v) is 3.72. The summed E-state index contributed by atoms with van der Waals surface area (Å²) in [5, 5.41) is 15.0. The van der Waals surface area contributed by atoms with E-state index in [9.17, 15) is 19.5 Å². The first kappa shape index (κ1) is 20.5. The maximum atomic E-state index is 12.6. The number of nitrogens with one attached hydrogen (secondary N) is 2. The molecule has 1 aliphatic rings. The van der Waals surface area contributed by atoms with Crippen LogP contribution in [0.4, 0.5) is 10.5 Å². The van der Waals surface area contributed by atoms with E-state index in [1.165, 1.54) is 0 Å². The van der Waals surface area contributed by atoms with Gasteiger partial charge in [0.1, 0.15) is 18.5 Å². The number of aromatic nitrogens is 2. The van der Waals surface area contributed by atoms with Crippen LogP contribution in [0.2, 0.25) is 0 Å². The summed E-state index contributed by atoms with van der Waals surface area (Å²) in [6.45, 7) is 0.625. The molecule has 0 radical (unpaired) electrons. The first-order valence-corrected chi connectivity index (χ1v) is 10.1. The lowest BCUT2D eigenvalue weighted by atomic mass is 10.1. The van der Waals surface area contributed by atoms with Crippen molar-refractivity contribution >= 4 is 34.6 Å². The zero-order chi connectivity index (χ0) is 21.8. The van der Waals surface area contributed by atoms with Crippen molar-refractivity contribution in [3.63, 3.8) is 0 Å². The molecule has 0 aliphatic carbocycles. The number of hydrogen-bond acceptors (Lipinski definition) is 5. The number of carbonyl (C=O) groups excluding carboxylic acids is 3. The SMILES string of the molecule is O=C(CCC1NC(=O)N(c2ccccc2)C1=O)NCCn1c(CO)nc2ccccc21. The molecule has 2 aromatic carbocycles. The number of hydrogen-bond donors (Lipinski definition) is 3. The van der Waals surface area contributed by atoms with Crippen LogP contribution in [0.5, 0.6) is 0 Å². The summed E-state index contributed by atoms with van der Waals surface area (Å²) in [7, 11) is 0. The average Bonchev–Trinajstić information content (AvgIpc) is 3.29. The molecule has 2 heterocycles. The van der Waals surface area contributed by atoms with E-state index in [4.69, 9.17) is 0 Å². The smallest absolute Gasteiger partial charge is 0.329 e. The molecule has 1 aromatic heterocycles. The first-order chi connectivity index (χ1) is 15.1. The minimum atomic E-state index is -0.725. The summed E-state index contributed by atoms with van der Waals surface area (Å²) in [5.74, 6) is -0.0348. The van der Waals surface area contributed by atoms with Crippen LogP contribution in [0.25, 0.3) is 11.0 Å². The second kappa shape index (κ2) is 8.97. The quantitative estimate of drug-likeness (QED) is 0.477. The summed E-state index contributed by atoms with van der Waals surface area (Å²) >= 11 is 0. The van der Waals surface area contributed by atoms with Crippen LogP contribution in [0.15, 0.2) is 54.6 Å². The molecule has 9 nitrogen and oxygen atoms in total. The Hall–Kier alpha value is -3.72. The van der Waals surface area contributed by atoms with Gasteiger partial charge in [-0.3, -0.25) is 9.59 Å². The predicted molar refractivity (Wildman–Crippen MR) is 114 cm³/mol. The van der Waals surface area contributed by atoms with Crippen molar-refractivity contribution in [1.29, 1.82) is 0 Å². The van der Waals surface area contributed by atoms with E-state index in [1.807, 2.05) is 28.8 Å². The van der Waals surface area contributed by atoms with E-state index in [0.717, 1.165) is 15.9 Å². The van der Waals surface area contributed by atoms with Crippen molar-refractivity contribution in [2.24, 2.45) is 0 Å². The second-order valence-corrected chi connectivity index (χ2v) is 7.23. The van der Waals surface area contributed by atoms with Crippen molar-refractivity contribution in [3.8, 4) is 0 Å². The number of para-hydroxylation sites is 3. The summed E-state index contributed by atoms with van der Waals surface area (Å²) in [6, 6.07) is 15.0. The van der Waals surface area contributed by atoms with Gasteiger partial charge in [-0.15, -0.1) is 0 Å². The fourth-order valence-electron chi connectivity index (χ4n) is 3.72. The minimum absolute atomic E-state index is 0.108. The molecule has 31 heavy (non-hydrogen) atoms. The van der Waals surface area contributed by atoms with Crippen molar-refractivity contribution in [1.82, 2.24) is 20.2 Å². The Bertz CT molecular complexity index is 1110. The van der Waals surface area contributed by atoms with E-state index >= 15 is 0 Å². The lowest BCUT2D eigenvalue weighted by Gasteiger charge is -2.13. The van der Waals surface area contributed by atoms with E-state index in [0.29, 0.717) is 24.6 Å². The molecule has 1 aliphatic heterocycles. The van der Waals surface area contributed by atoms with Gasteiger partial charge in [0.05, 0.1) is 16.7 Å². The number of carbonyl (C=O) groups is 3. The molecule has 3 N–H and O–H groups in total.